The number of nitrogens with two attached hydrogens (primary N) is 2. The zero-order valence-corrected chi connectivity index (χ0v) is 28.5. The van der Waals surface area contributed by atoms with Crippen LogP contribution in [0.3, 0.4) is 0 Å². The topological polar surface area (TPSA) is 170 Å². The van der Waals surface area contributed by atoms with E-state index in [1.54, 1.807) is 9.80 Å². The van der Waals surface area contributed by atoms with Crippen molar-refractivity contribution >= 4 is 24.0 Å². The van der Waals surface area contributed by atoms with E-state index in [1.165, 1.54) is 0 Å². The first-order valence-corrected chi connectivity index (χ1v) is 17.8. The molecule has 0 aromatic heterocycles. The van der Waals surface area contributed by atoms with E-state index in [0.29, 0.717) is 77.3 Å². The molecule has 0 unspecified atom stereocenters. The van der Waals surface area contributed by atoms with E-state index < -0.39 is 12.2 Å². The Hall–Kier alpha value is -3.12. The summed E-state index contributed by atoms with van der Waals surface area (Å²) < 4.78 is 21.4. The highest BCUT2D eigenvalue weighted by Crippen LogP contribution is 2.31. The molecular formula is C34H56N6O8. The highest BCUT2D eigenvalue weighted by molar-refractivity contribution is 5.80. The molecule has 4 amide bonds. The predicted octanol–water partition coefficient (Wildman–Crippen LogP) is 1.11. The second-order valence-electron chi connectivity index (χ2n) is 13.2. The summed E-state index contributed by atoms with van der Waals surface area (Å²) >= 11 is 0. The van der Waals surface area contributed by atoms with Gasteiger partial charge in [-0.3, -0.25) is 9.59 Å². The Morgan fingerprint density at radius 2 is 0.833 bits per heavy atom. The largest absolute Gasteiger partial charge is 0.447 e. The quantitative estimate of drug-likeness (QED) is 0.226. The molecule has 4 aliphatic rings. The minimum Gasteiger partial charge on any atom is -0.447 e. The first-order chi connectivity index (χ1) is 23.4. The number of piperazine rings is 2. The Balaban J connectivity index is 0.945. The fraction of sp³-hybridized carbons (Fsp3) is 0.824. The predicted molar refractivity (Wildman–Crippen MR) is 177 cm³/mol. The second kappa shape index (κ2) is 20.4. The fourth-order valence-electron chi connectivity index (χ4n) is 6.93. The van der Waals surface area contributed by atoms with Gasteiger partial charge < -0.3 is 50.0 Å². The maximum absolute atomic E-state index is 12.9. The highest BCUT2D eigenvalue weighted by atomic mass is 16.6. The smallest absolute Gasteiger partial charge is 0.409 e. The number of ether oxygens (including phenoxy) is 4. The summed E-state index contributed by atoms with van der Waals surface area (Å²) in [5.41, 5.74) is 11.5. The van der Waals surface area contributed by atoms with Crippen LogP contribution in [0.5, 0.6) is 0 Å². The molecule has 2 heterocycles. The third-order valence-electron chi connectivity index (χ3n) is 10.1. The van der Waals surface area contributed by atoms with Crippen molar-refractivity contribution in [3.63, 3.8) is 0 Å². The van der Waals surface area contributed by atoms with E-state index in [2.05, 4.69) is 11.8 Å². The zero-order chi connectivity index (χ0) is 34.1. The average Bonchev–Trinajstić information content (AvgIpc) is 3.14. The number of hydrogen-bond donors (Lipinski definition) is 2. The van der Waals surface area contributed by atoms with Gasteiger partial charge >= 0.3 is 12.2 Å². The van der Waals surface area contributed by atoms with E-state index in [4.69, 9.17) is 30.4 Å². The summed E-state index contributed by atoms with van der Waals surface area (Å²) in [7, 11) is 0. The van der Waals surface area contributed by atoms with Crippen molar-refractivity contribution in [2.75, 3.05) is 105 Å². The summed E-state index contributed by atoms with van der Waals surface area (Å²) in [5, 5.41) is 0. The van der Waals surface area contributed by atoms with Gasteiger partial charge in [0.25, 0.3) is 0 Å². The minimum absolute atomic E-state index is 0.0809. The van der Waals surface area contributed by atoms with Gasteiger partial charge in [-0.15, -0.1) is 0 Å². The maximum Gasteiger partial charge on any atom is 0.409 e. The number of hydrogen-bond acceptors (Lipinski definition) is 10. The Bertz CT molecular complexity index is 1000. The molecule has 0 atom stereocenters. The lowest BCUT2D eigenvalue weighted by Crippen LogP contribution is -2.52. The molecule has 0 spiro atoms. The van der Waals surface area contributed by atoms with Crippen molar-refractivity contribution < 1.29 is 38.1 Å². The lowest BCUT2D eigenvalue weighted by atomic mass is 9.81. The van der Waals surface area contributed by atoms with Gasteiger partial charge in [0.05, 0.1) is 13.2 Å². The highest BCUT2D eigenvalue weighted by Gasteiger charge is 2.33. The summed E-state index contributed by atoms with van der Waals surface area (Å²) in [5.74, 6) is 7.31. The summed E-state index contributed by atoms with van der Waals surface area (Å²) in [6.45, 7) is 6.38. The molecule has 0 bridgehead atoms. The molecule has 0 radical (unpaired) electrons. The van der Waals surface area contributed by atoms with Gasteiger partial charge in [0.1, 0.15) is 26.4 Å². The molecule has 14 nitrogen and oxygen atoms in total. The van der Waals surface area contributed by atoms with Gasteiger partial charge in [0, 0.05) is 64.2 Å². The molecule has 2 aliphatic heterocycles. The first-order valence-electron chi connectivity index (χ1n) is 17.8. The Kier molecular flexibility index (Phi) is 16.0. The lowest BCUT2D eigenvalue weighted by Gasteiger charge is -2.37. The van der Waals surface area contributed by atoms with Crippen molar-refractivity contribution in [2.24, 2.45) is 35.1 Å². The van der Waals surface area contributed by atoms with Gasteiger partial charge in [0.15, 0.2) is 0 Å². The molecule has 270 valence electrons. The van der Waals surface area contributed by atoms with Crippen LogP contribution < -0.4 is 11.5 Å². The second-order valence-corrected chi connectivity index (χ2v) is 13.2. The summed E-state index contributed by atoms with van der Waals surface area (Å²) in [4.78, 5) is 57.5. The molecule has 2 saturated carbocycles. The molecule has 4 N–H and O–H groups in total. The Morgan fingerprint density at radius 3 is 1.17 bits per heavy atom. The standard InChI is InChI=1S/C34H56N6O8/c35-25-27-3-7-29(8-4-27)31(41)37-11-15-39(16-12-37)33(43)47-23-21-45-19-1-2-20-46-22-24-48-34(44)40-17-13-38(14-18-40)32(42)30-9-5-28(26-36)6-10-30/h27-30H,3-26,35-36H2. The van der Waals surface area contributed by atoms with Crippen molar-refractivity contribution in [3.05, 3.63) is 0 Å². The van der Waals surface area contributed by atoms with Crippen LogP contribution in [0.25, 0.3) is 0 Å². The summed E-state index contributed by atoms with van der Waals surface area (Å²) in [6.07, 6.45) is 6.87. The zero-order valence-electron chi connectivity index (χ0n) is 28.5. The monoisotopic (exact) mass is 676 g/mol. The minimum atomic E-state index is -0.400. The van der Waals surface area contributed by atoms with Crippen LogP contribution in [-0.4, -0.2) is 149 Å². The molecule has 0 aromatic rings. The molecule has 0 aromatic carbocycles. The van der Waals surface area contributed by atoms with Crippen molar-refractivity contribution in [2.45, 2.75) is 51.4 Å². The number of carbonyl (C=O) groups excluding carboxylic acids is 4. The number of rotatable bonds is 12. The van der Waals surface area contributed by atoms with E-state index in [1.807, 2.05) is 9.80 Å². The van der Waals surface area contributed by atoms with Gasteiger partial charge in [-0.05, 0) is 76.3 Å². The number of amides is 4. The Morgan fingerprint density at radius 1 is 0.500 bits per heavy atom. The molecule has 2 aliphatic carbocycles. The van der Waals surface area contributed by atoms with Gasteiger partial charge in [-0.25, -0.2) is 9.59 Å². The van der Waals surface area contributed by atoms with E-state index in [9.17, 15) is 19.2 Å². The summed E-state index contributed by atoms with van der Waals surface area (Å²) in [6, 6.07) is 0. The normalized spacial score (nSPS) is 24.8. The van der Waals surface area contributed by atoms with Crippen LogP contribution in [0.2, 0.25) is 0 Å². The van der Waals surface area contributed by atoms with Crippen molar-refractivity contribution in [1.82, 2.24) is 19.6 Å². The van der Waals surface area contributed by atoms with Crippen LogP contribution >= 0.6 is 0 Å². The maximum atomic E-state index is 12.9. The molecule has 4 fully saturated rings. The van der Waals surface area contributed by atoms with Crippen LogP contribution in [0.1, 0.15) is 51.4 Å². The van der Waals surface area contributed by atoms with E-state index in [0.717, 1.165) is 51.4 Å². The van der Waals surface area contributed by atoms with Crippen LogP contribution in [0.15, 0.2) is 0 Å². The SMILES string of the molecule is NCC1CCC(C(=O)N2CCN(C(=O)OCCOCC#CCOCCOC(=O)N3CCN(C(=O)C4CCC(CN)CC4)CC3)CC2)CC1. The Labute approximate surface area is 285 Å². The number of carbonyl (C=O) groups is 4. The molecular weight excluding hydrogens is 620 g/mol. The third kappa shape index (κ3) is 11.8. The lowest BCUT2D eigenvalue weighted by molar-refractivity contribution is -0.139. The molecule has 4 rings (SSSR count). The average molecular weight is 677 g/mol. The van der Waals surface area contributed by atoms with Crippen LogP contribution in [0, 0.1) is 35.5 Å². The van der Waals surface area contributed by atoms with Gasteiger partial charge in [-0.1, -0.05) is 11.8 Å². The van der Waals surface area contributed by atoms with Gasteiger partial charge in [0.2, 0.25) is 11.8 Å². The first kappa shape index (κ1) is 37.7. The van der Waals surface area contributed by atoms with Crippen molar-refractivity contribution in [3.8, 4) is 11.8 Å². The van der Waals surface area contributed by atoms with Crippen LogP contribution in [-0.2, 0) is 28.5 Å². The fourth-order valence-corrected chi connectivity index (χ4v) is 6.93. The molecule has 2 saturated heterocycles. The molecule has 14 heteroatoms. The molecule has 48 heavy (non-hydrogen) atoms. The van der Waals surface area contributed by atoms with Crippen molar-refractivity contribution in [1.29, 1.82) is 0 Å². The van der Waals surface area contributed by atoms with E-state index in [-0.39, 0.29) is 63.3 Å². The van der Waals surface area contributed by atoms with E-state index >= 15 is 0 Å². The van der Waals surface area contributed by atoms with Crippen LogP contribution in [0.4, 0.5) is 9.59 Å². The van der Waals surface area contributed by atoms with Gasteiger partial charge in [-0.2, -0.15) is 0 Å². The number of nitrogens with zero attached hydrogens (tertiary/aromatic N) is 4. The third-order valence-corrected chi connectivity index (χ3v) is 10.1.